The van der Waals surface area contributed by atoms with E-state index in [0.717, 1.165) is 66.5 Å². The lowest BCUT2D eigenvalue weighted by molar-refractivity contribution is 0.620. The minimum atomic E-state index is 0.613. The molecular weight excluding hydrogens is 635 g/mol. The van der Waals surface area contributed by atoms with Crippen LogP contribution in [-0.2, 0) is 0 Å². The van der Waals surface area contributed by atoms with Crippen LogP contribution in [0.5, 0.6) is 0 Å². The Labute approximate surface area is 300 Å². The molecule has 0 radical (unpaired) electrons. The summed E-state index contributed by atoms with van der Waals surface area (Å²) < 4.78 is 8.34. The van der Waals surface area contributed by atoms with E-state index in [-0.39, 0.29) is 0 Å². The molecule has 0 N–H and O–H groups in total. The van der Waals surface area contributed by atoms with Gasteiger partial charge in [0.05, 0.1) is 22.7 Å². The van der Waals surface area contributed by atoms with E-state index < -0.39 is 0 Å². The second-order valence-electron chi connectivity index (χ2n) is 13.1. The van der Waals surface area contributed by atoms with Gasteiger partial charge in [-0.1, -0.05) is 109 Å². The van der Waals surface area contributed by atoms with Gasteiger partial charge in [0.1, 0.15) is 5.52 Å². The number of fused-ring (bicyclic) bond motifs is 5. The van der Waals surface area contributed by atoms with E-state index in [1.807, 2.05) is 36.4 Å². The quantitative estimate of drug-likeness (QED) is 0.184. The molecule has 0 saturated carbocycles. The van der Waals surface area contributed by atoms with Gasteiger partial charge in [-0.2, -0.15) is 5.26 Å². The highest BCUT2D eigenvalue weighted by atomic mass is 16.3. The van der Waals surface area contributed by atoms with Crippen molar-refractivity contribution in [2.24, 2.45) is 0 Å². The monoisotopic (exact) mass is 663 g/mol. The van der Waals surface area contributed by atoms with E-state index >= 15 is 0 Å². The number of nitriles is 1. The minimum Gasteiger partial charge on any atom is -0.436 e. The average molecular weight is 664 g/mol. The predicted octanol–water partition coefficient (Wildman–Crippen LogP) is 12.6. The first-order valence-electron chi connectivity index (χ1n) is 17.3. The van der Waals surface area contributed by atoms with Gasteiger partial charge >= 0.3 is 0 Å². The van der Waals surface area contributed by atoms with Crippen LogP contribution in [0, 0.1) is 11.3 Å². The lowest BCUT2D eigenvalue weighted by atomic mass is 9.90. The van der Waals surface area contributed by atoms with Crippen molar-refractivity contribution in [3.8, 4) is 56.6 Å². The van der Waals surface area contributed by atoms with Crippen molar-refractivity contribution >= 4 is 43.7 Å². The Morgan fingerprint density at radius 3 is 1.65 bits per heavy atom. The van der Waals surface area contributed by atoms with Gasteiger partial charge in [0.15, 0.2) is 5.58 Å². The molecule has 52 heavy (non-hydrogen) atoms. The van der Waals surface area contributed by atoms with Crippen molar-refractivity contribution in [1.82, 2.24) is 9.55 Å². The van der Waals surface area contributed by atoms with Crippen LogP contribution in [-0.4, -0.2) is 9.55 Å². The molecule has 0 aliphatic carbocycles. The van der Waals surface area contributed by atoms with Gasteiger partial charge in [-0.25, -0.2) is 4.98 Å². The SMILES string of the molecule is N#Cc1cc(-c2ccc(-n3c4ccccc4c4ccccc43)cc2)cc(-c2ccc(-c3ccc(-c4nc5ccccc5o4)cc3)c3ccccc23)c1. The highest BCUT2D eigenvalue weighted by molar-refractivity contribution is 6.09. The molecule has 0 amide bonds. The van der Waals surface area contributed by atoms with Gasteiger partial charge in [0.25, 0.3) is 0 Å². The Bertz CT molecular complexity index is 2930. The number of hydrogen-bond acceptors (Lipinski definition) is 3. The van der Waals surface area contributed by atoms with Crippen LogP contribution in [0.15, 0.2) is 180 Å². The van der Waals surface area contributed by atoms with Crippen molar-refractivity contribution in [2.75, 3.05) is 0 Å². The number of para-hydroxylation sites is 4. The summed E-state index contributed by atoms with van der Waals surface area (Å²) in [6, 6.07) is 63.4. The smallest absolute Gasteiger partial charge is 0.227 e. The van der Waals surface area contributed by atoms with Crippen LogP contribution in [0.2, 0.25) is 0 Å². The summed E-state index contributed by atoms with van der Waals surface area (Å²) in [5, 5.41) is 14.9. The third kappa shape index (κ3) is 4.87. The van der Waals surface area contributed by atoms with E-state index in [2.05, 4.69) is 155 Å². The van der Waals surface area contributed by atoms with E-state index in [4.69, 9.17) is 4.42 Å². The maximum absolute atomic E-state index is 10.1. The fraction of sp³-hybridized carbons (Fsp3) is 0. The first-order valence-corrected chi connectivity index (χ1v) is 17.3. The Kier molecular flexibility index (Phi) is 6.84. The van der Waals surface area contributed by atoms with Gasteiger partial charge in [0.2, 0.25) is 5.89 Å². The second-order valence-corrected chi connectivity index (χ2v) is 13.1. The first kappa shape index (κ1) is 29.7. The molecule has 10 rings (SSSR count). The van der Waals surface area contributed by atoms with Crippen molar-refractivity contribution in [3.05, 3.63) is 181 Å². The zero-order valence-electron chi connectivity index (χ0n) is 28.0. The van der Waals surface area contributed by atoms with Crippen molar-refractivity contribution in [1.29, 1.82) is 5.26 Å². The molecule has 242 valence electrons. The van der Waals surface area contributed by atoms with E-state index in [0.29, 0.717) is 11.5 Å². The Balaban J connectivity index is 1.02. The van der Waals surface area contributed by atoms with Gasteiger partial charge in [0, 0.05) is 22.0 Å². The molecule has 0 fully saturated rings. The second kappa shape index (κ2) is 12.0. The molecule has 0 saturated heterocycles. The molecule has 0 atom stereocenters. The fourth-order valence-electron chi connectivity index (χ4n) is 7.61. The van der Waals surface area contributed by atoms with Crippen LogP contribution in [0.4, 0.5) is 0 Å². The van der Waals surface area contributed by atoms with Gasteiger partial charge in [-0.3, -0.25) is 0 Å². The largest absolute Gasteiger partial charge is 0.436 e. The highest BCUT2D eigenvalue weighted by Gasteiger charge is 2.15. The molecule has 0 aliphatic heterocycles. The highest BCUT2D eigenvalue weighted by Crippen LogP contribution is 2.39. The van der Waals surface area contributed by atoms with Crippen LogP contribution in [0.3, 0.4) is 0 Å². The number of nitrogens with zero attached hydrogens (tertiary/aromatic N) is 3. The lowest BCUT2D eigenvalue weighted by Crippen LogP contribution is -1.94. The summed E-state index contributed by atoms with van der Waals surface area (Å²) in [7, 11) is 0. The Morgan fingerprint density at radius 1 is 0.462 bits per heavy atom. The molecule has 4 nitrogen and oxygen atoms in total. The maximum atomic E-state index is 10.1. The van der Waals surface area contributed by atoms with Crippen LogP contribution in [0.1, 0.15) is 5.56 Å². The van der Waals surface area contributed by atoms with E-state index in [1.165, 1.54) is 21.8 Å². The molecule has 8 aromatic carbocycles. The van der Waals surface area contributed by atoms with Crippen LogP contribution < -0.4 is 0 Å². The first-order chi connectivity index (χ1) is 25.7. The molecule has 0 bridgehead atoms. The number of aromatic nitrogens is 2. The van der Waals surface area contributed by atoms with E-state index in [9.17, 15) is 5.26 Å². The Hall–Kier alpha value is -7.22. The standard InChI is InChI=1S/C48H29N3O/c49-30-31-27-35(32-21-23-37(24-22-32)51-45-14-6-3-11-42(45)43-12-4-7-15-46(43)51)29-36(28-31)39-26-25-38(40-9-1-2-10-41(39)40)33-17-19-34(20-18-33)48-50-44-13-5-8-16-47(44)52-48/h1-29H. The van der Waals surface area contributed by atoms with Crippen molar-refractivity contribution in [2.45, 2.75) is 0 Å². The molecular formula is C48H29N3O. The molecule has 0 aliphatic rings. The topological polar surface area (TPSA) is 54.8 Å². The molecule has 2 aromatic heterocycles. The van der Waals surface area contributed by atoms with Crippen LogP contribution in [0.25, 0.3) is 94.2 Å². The molecule has 4 heteroatoms. The van der Waals surface area contributed by atoms with Gasteiger partial charge < -0.3 is 8.98 Å². The van der Waals surface area contributed by atoms with Gasteiger partial charge in [-0.15, -0.1) is 0 Å². The molecule has 10 aromatic rings. The number of rotatable bonds is 5. The summed E-state index contributed by atoms with van der Waals surface area (Å²) in [5.41, 5.74) is 13.1. The van der Waals surface area contributed by atoms with Crippen molar-refractivity contribution in [3.63, 3.8) is 0 Å². The Morgan fingerprint density at radius 2 is 1.00 bits per heavy atom. The van der Waals surface area contributed by atoms with Crippen LogP contribution >= 0.6 is 0 Å². The molecule has 0 unspecified atom stereocenters. The van der Waals surface area contributed by atoms with Crippen molar-refractivity contribution < 1.29 is 4.42 Å². The summed E-state index contributed by atoms with van der Waals surface area (Å²) in [6.07, 6.45) is 0. The molecule has 0 spiro atoms. The number of hydrogen-bond donors (Lipinski definition) is 0. The third-order valence-corrected chi connectivity index (χ3v) is 10.1. The van der Waals surface area contributed by atoms with Gasteiger partial charge in [-0.05, 0) is 111 Å². The maximum Gasteiger partial charge on any atom is 0.227 e. The van der Waals surface area contributed by atoms with E-state index in [1.54, 1.807) is 0 Å². The number of benzene rings is 8. The summed E-state index contributed by atoms with van der Waals surface area (Å²) in [5.74, 6) is 0.613. The predicted molar refractivity (Wildman–Crippen MR) is 212 cm³/mol. The average Bonchev–Trinajstić information content (AvgIpc) is 3.80. The zero-order valence-corrected chi connectivity index (χ0v) is 28.0. The fourth-order valence-corrected chi connectivity index (χ4v) is 7.61. The summed E-state index contributed by atoms with van der Waals surface area (Å²) in [4.78, 5) is 4.67. The normalized spacial score (nSPS) is 11.4. The molecule has 2 heterocycles. The lowest BCUT2D eigenvalue weighted by Gasteiger charge is -2.14. The summed E-state index contributed by atoms with van der Waals surface area (Å²) >= 11 is 0. The third-order valence-electron chi connectivity index (χ3n) is 10.1. The number of oxazole rings is 1. The summed E-state index contributed by atoms with van der Waals surface area (Å²) in [6.45, 7) is 0. The zero-order chi connectivity index (χ0) is 34.6. The minimum absolute atomic E-state index is 0.613.